The Hall–Kier alpha value is -0.550. The molecule has 0 aromatic rings. The van der Waals surface area contributed by atoms with E-state index in [2.05, 4.69) is 16.6 Å². The molecular formula is C10H18F3NO. The molecule has 0 saturated heterocycles. The fourth-order valence-corrected chi connectivity index (χ4v) is 1.04. The summed E-state index contributed by atoms with van der Waals surface area (Å²) < 4.78 is 39.4. The normalized spacial score (nSPS) is 13.9. The smallest absolute Gasteiger partial charge is 0.372 e. The highest BCUT2D eigenvalue weighted by atomic mass is 19.4. The Labute approximate surface area is 88.5 Å². The highest BCUT2D eigenvalue weighted by Gasteiger charge is 2.27. The molecule has 0 aliphatic rings. The van der Waals surface area contributed by atoms with Gasteiger partial charge in [-0.1, -0.05) is 6.08 Å². The minimum absolute atomic E-state index is 0.132. The first-order valence-electron chi connectivity index (χ1n) is 4.94. The van der Waals surface area contributed by atoms with E-state index in [1.54, 1.807) is 6.08 Å². The van der Waals surface area contributed by atoms with Crippen LogP contribution in [0.15, 0.2) is 12.7 Å². The fraction of sp³-hybridized carbons (Fsp3) is 0.800. The maximum atomic E-state index is 11.6. The number of ether oxygens (including phenoxy) is 1. The molecule has 1 N–H and O–H groups in total. The quantitative estimate of drug-likeness (QED) is 0.506. The highest BCUT2D eigenvalue weighted by Crippen LogP contribution is 2.14. The number of nitrogens with one attached hydrogen (secondary N) is 1. The average molecular weight is 225 g/mol. The average Bonchev–Trinajstić information content (AvgIpc) is 2.09. The van der Waals surface area contributed by atoms with E-state index in [-0.39, 0.29) is 6.61 Å². The second-order valence-electron chi connectivity index (χ2n) is 3.40. The van der Waals surface area contributed by atoms with E-state index >= 15 is 0 Å². The van der Waals surface area contributed by atoms with Crippen LogP contribution in [0.5, 0.6) is 0 Å². The van der Waals surface area contributed by atoms with Crippen molar-refractivity contribution in [2.75, 3.05) is 19.8 Å². The van der Waals surface area contributed by atoms with E-state index < -0.39 is 12.8 Å². The van der Waals surface area contributed by atoms with Crippen LogP contribution in [0.4, 0.5) is 13.2 Å². The van der Waals surface area contributed by atoms with Gasteiger partial charge in [0.25, 0.3) is 0 Å². The summed E-state index contributed by atoms with van der Waals surface area (Å²) in [5.74, 6) is 0. The molecule has 0 saturated carbocycles. The number of halogens is 3. The molecule has 0 aromatic heterocycles. The van der Waals surface area contributed by atoms with Crippen LogP contribution in [0, 0.1) is 0 Å². The van der Waals surface area contributed by atoms with Gasteiger partial charge < -0.3 is 10.1 Å². The van der Waals surface area contributed by atoms with Crippen molar-refractivity contribution in [1.82, 2.24) is 5.32 Å². The predicted octanol–water partition coefficient (Wildman–Crippen LogP) is 2.51. The Kier molecular flexibility index (Phi) is 7.42. The van der Waals surface area contributed by atoms with Gasteiger partial charge in [-0.25, -0.2) is 0 Å². The van der Waals surface area contributed by atoms with Gasteiger partial charge >= 0.3 is 6.18 Å². The Balaban J connectivity index is 3.21. The molecule has 0 rings (SSSR count). The summed E-state index contributed by atoms with van der Waals surface area (Å²) >= 11 is 0. The molecule has 5 heteroatoms. The molecule has 0 spiro atoms. The Morgan fingerprint density at radius 2 is 2.13 bits per heavy atom. The minimum atomic E-state index is -4.22. The van der Waals surface area contributed by atoms with E-state index in [0.717, 1.165) is 6.42 Å². The van der Waals surface area contributed by atoms with Gasteiger partial charge in [0.05, 0.1) is 0 Å². The lowest BCUT2D eigenvalue weighted by atomic mass is 10.2. The lowest BCUT2D eigenvalue weighted by molar-refractivity contribution is -0.173. The predicted molar refractivity (Wildman–Crippen MR) is 53.8 cm³/mol. The number of rotatable bonds is 8. The van der Waals surface area contributed by atoms with E-state index in [9.17, 15) is 13.2 Å². The molecule has 0 bridgehead atoms. The zero-order chi connectivity index (χ0) is 11.7. The van der Waals surface area contributed by atoms with E-state index in [1.807, 2.05) is 6.92 Å². The molecule has 0 aromatic carbocycles. The van der Waals surface area contributed by atoms with Crippen molar-refractivity contribution in [3.63, 3.8) is 0 Å². The van der Waals surface area contributed by atoms with E-state index in [0.29, 0.717) is 19.0 Å². The molecule has 0 fully saturated rings. The Bertz CT molecular complexity index is 171. The monoisotopic (exact) mass is 225 g/mol. The van der Waals surface area contributed by atoms with Crippen molar-refractivity contribution in [2.45, 2.75) is 32.0 Å². The number of hydrogen-bond donors (Lipinski definition) is 1. The molecule has 1 atom stereocenters. The molecule has 0 radical (unpaired) electrons. The van der Waals surface area contributed by atoms with Crippen molar-refractivity contribution in [3.05, 3.63) is 12.7 Å². The van der Waals surface area contributed by atoms with Gasteiger partial charge in [-0.15, -0.1) is 6.58 Å². The second-order valence-corrected chi connectivity index (χ2v) is 3.40. The van der Waals surface area contributed by atoms with Crippen LogP contribution < -0.4 is 5.32 Å². The van der Waals surface area contributed by atoms with Crippen LogP contribution in [0.1, 0.15) is 19.8 Å². The summed E-state index contributed by atoms with van der Waals surface area (Å²) in [6.07, 6.45) is -0.984. The van der Waals surface area contributed by atoms with Gasteiger partial charge in [-0.3, -0.25) is 0 Å². The van der Waals surface area contributed by atoms with Gasteiger partial charge in [0.1, 0.15) is 6.61 Å². The van der Waals surface area contributed by atoms with Crippen molar-refractivity contribution in [3.8, 4) is 0 Å². The summed E-state index contributed by atoms with van der Waals surface area (Å²) in [6.45, 7) is 5.23. The van der Waals surface area contributed by atoms with Crippen molar-refractivity contribution in [2.24, 2.45) is 0 Å². The third-order valence-electron chi connectivity index (χ3n) is 1.74. The third kappa shape index (κ3) is 11.4. The van der Waals surface area contributed by atoms with Crippen LogP contribution in [0.3, 0.4) is 0 Å². The first-order valence-corrected chi connectivity index (χ1v) is 4.94. The zero-order valence-electron chi connectivity index (χ0n) is 8.94. The molecule has 90 valence electrons. The van der Waals surface area contributed by atoms with E-state index in [1.165, 1.54) is 0 Å². The maximum absolute atomic E-state index is 11.6. The third-order valence-corrected chi connectivity index (χ3v) is 1.74. The fourth-order valence-electron chi connectivity index (χ4n) is 1.04. The first kappa shape index (κ1) is 14.5. The van der Waals surface area contributed by atoms with Crippen LogP contribution in [-0.4, -0.2) is 32.0 Å². The molecule has 0 aliphatic carbocycles. The van der Waals surface area contributed by atoms with Crippen LogP contribution >= 0.6 is 0 Å². The minimum Gasteiger partial charge on any atom is -0.372 e. The van der Waals surface area contributed by atoms with Gasteiger partial charge in [-0.05, 0) is 26.3 Å². The second kappa shape index (κ2) is 7.70. The van der Waals surface area contributed by atoms with Crippen LogP contribution in [0.25, 0.3) is 0 Å². The largest absolute Gasteiger partial charge is 0.411 e. The summed E-state index contributed by atoms with van der Waals surface area (Å²) in [5.41, 5.74) is 0. The van der Waals surface area contributed by atoms with Crippen LogP contribution in [0.2, 0.25) is 0 Å². The van der Waals surface area contributed by atoms with Gasteiger partial charge in [0.15, 0.2) is 0 Å². The highest BCUT2D eigenvalue weighted by molar-refractivity contribution is 4.74. The standard InChI is InChI=1S/C10H18F3NO/c1-3-5-9(2)14-6-4-7-15-8-10(11,12)13/h3,9,14H,1,4-8H2,2H3. The lowest BCUT2D eigenvalue weighted by Crippen LogP contribution is -2.27. The molecule has 0 amide bonds. The summed E-state index contributed by atoms with van der Waals surface area (Å²) in [6, 6.07) is 0.310. The molecule has 0 heterocycles. The maximum Gasteiger partial charge on any atom is 0.411 e. The van der Waals surface area contributed by atoms with Crippen LogP contribution in [-0.2, 0) is 4.74 Å². The first-order chi connectivity index (χ1) is 6.95. The molecule has 0 aliphatic heterocycles. The molecular weight excluding hydrogens is 207 g/mol. The number of hydrogen-bond acceptors (Lipinski definition) is 2. The summed E-state index contributed by atoms with van der Waals surface area (Å²) in [7, 11) is 0. The van der Waals surface area contributed by atoms with Crippen molar-refractivity contribution >= 4 is 0 Å². The van der Waals surface area contributed by atoms with E-state index in [4.69, 9.17) is 0 Å². The van der Waals surface area contributed by atoms with Crippen molar-refractivity contribution in [1.29, 1.82) is 0 Å². The zero-order valence-corrected chi connectivity index (χ0v) is 8.94. The number of alkyl halides is 3. The van der Waals surface area contributed by atoms with Crippen molar-refractivity contribution < 1.29 is 17.9 Å². The Morgan fingerprint density at radius 1 is 1.47 bits per heavy atom. The van der Waals surface area contributed by atoms with Gasteiger partial charge in [0.2, 0.25) is 0 Å². The summed E-state index contributed by atoms with van der Waals surface area (Å²) in [5, 5.41) is 3.15. The summed E-state index contributed by atoms with van der Waals surface area (Å²) in [4.78, 5) is 0. The molecule has 1 unspecified atom stereocenters. The van der Waals surface area contributed by atoms with Gasteiger partial charge in [0, 0.05) is 12.6 Å². The molecule has 15 heavy (non-hydrogen) atoms. The topological polar surface area (TPSA) is 21.3 Å². The Morgan fingerprint density at radius 3 is 2.67 bits per heavy atom. The SMILES string of the molecule is C=CCC(C)NCCCOCC(F)(F)F. The molecule has 2 nitrogen and oxygen atoms in total. The lowest BCUT2D eigenvalue weighted by Gasteiger charge is -2.11. The van der Waals surface area contributed by atoms with Gasteiger partial charge in [-0.2, -0.15) is 13.2 Å².